The molecule has 0 amide bonds. The third-order valence-corrected chi connectivity index (χ3v) is 1.43. The number of hydrogen-bond acceptors (Lipinski definition) is 3. The molecule has 0 aromatic rings. The molecule has 3 nitrogen and oxygen atoms in total. The van der Waals surface area contributed by atoms with E-state index in [-0.39, 0.29) is 36.5 Å². The Morgan fingerprint density at radius 2 is 2.20 bits per heavy atom. The molecule has 1 heterocycles. The SMILES string of the molecule is Cl.Cl.NCC1CNCC1=O. The number of ketones is 1. The lowest BCUT2D eigenvalue weighted by molar-refractivity contribution is -0.119. The van der Waals surface area contributed by atoms with Gasteiger partial charge in [-0.05, 0) is 0 Å². The Kier molecular flexibility index (Phi) is 7.58. The molecule has 1 saturated heterocycles. The first kappa shape index (κ1) is 12.8. The summed E-state index contributed by atoms with van der Waals surface area (Å²) in [5.41, 5.74) is 5.26. The molecule has 0 aliphatic carbocycles. The van der Waals surface area contributed by atoms with Crippen LogP contribution < -0.4 is 11.1 Å². The molecule has 1 rings (SSSR count). The highest BCUT2D eigenvalue weighted by Crippen LogP contribution is 1.98. The molecule has 0 saturated carbocycles. The minimum absolute atomic E-state index is 0. The van der Waals surface area contributed by atoms with Crippen molar-refractivity contribution in [1.29, 1.82) is 0 Å². The van der Waals surface area contributed by atoms with Gasteiger partial charge >= 0.3 is 0 Å². The minimum atomic E-state index is 0. The molecule has 0 spiro atoms. The van der Waals surface area contributed by atoms with Crippen molar-refractivity contribution < 1.29 is 4.79 Å². The van der Waals surface area contributed by atoms with Gasteiger partial charge in [0.2, 0.25) is 0 Å². The predicted molar refractivity (Wildman–Crippen MR) is 44.9 cm³/mol. The van der Waals surface area contributed by atoms with E-state index in [0.717, 1.165) is 6.54 Å². The van der Waals surface area contributed by atoms with Gasteiger partial charge in [0.15, 0.2) is 5.78 Å². The van der Waals surface area contributed by atoms with Crippen LogP contribution in [-0.2, 0) is 4.79 Å². The van der Waals surface area contributed by atoms with Crippen molar-refractivity contribution in [3.8, 4) is 0 Å². The van der Waals surface area contributed by atoms with Gasteiger partial charge < -0.3 is 11.1 Å². The first-order valence-electron chi connectivity index (χ1n) is 2.78. The van der Waals surface area contributed by atoms with Crippen LogP contribution in [0.4, 0.5) is 0 Å². The van der Waals surface area contributed by atoms with E-state index in [4.69, 9.17) is 5.73 Å². The predicted octanol–water partition coefficient (Wildman–Crippen LogP) is -0.423. The van der Waals surface area contributed by atoms with Crippen LogP contribution in [0, 0.1) is 5.92 Å². The van der Waals surface area contributed by atoms with Crippen molar-refractivity contribution in [2.45, 2.75) is 0 Å². The molecule has 1 unspecified atom stereocenters. The summed E-state index contributed by atoms with van der Waals surface area (Å²) < 4.78 is 0. The van der Waals surface area contributed by atoms with E-state index in [2.05, 4.69) is 5.32 Å². The van der Waals surface area contributed by atoms with Gasteiger partial charge in [0, 0.05) is 19.0 Å². The number of carbonyl (C=O) groups is 1. The van der Waals surface area contributed by atoms with Crippen molar-refractivity contribution in [3.63, 3.8) is 0 Å². The van der Waals surface area contributed by atoms with Crippen LogP contribution >= 0.6 is 24.8 Å². The van der Waals surface area contributed by atoms with Crippen molar-refractivity contribution >= 4 is 30.6 Å². The largest absolute Gasteiger partial charge is 0.330 e. The second-order valence-electron chi connectivity index (χ2n) is 2.03. The quantitative estimate of drug-likeness (QED) is 0.586. The molecule has 5 heteroatoms. The molecular weight excluding hydrogens is 175 g/mol. The first-order valence-corrected chi connectivity index (χ1v) is 2.78. The van der Waals surface area contributed by atoms with Gasteiger partial charge in [-0.15, -0.1) is 24.8 Å². The van der Waals surface area contributed by atoms with Crippen LogP contribution in [0.25, 0.3) is 0 Å². The summed E-state index contributed by atoms with van der Waals surface area (Å²) in [6, 6.07) is 0. The average Bonchev–Trinajstić information content (AvgIpc) is 2.14. The van der Waals surface area contributed by atoms with Gasteiger partial charge in [0.05, 0.1) is 6.54 Å². The number of Topliss-reactive ketones (excluding diaryl/α,β-unsaturated/α-hetero) is 1. The van der Waals surface area contributed by atoms with Gasteiger partial charge in [-0.1, -0.05) is 0 Å². The molecule has 1 atom stereocenters. The van der Waals surface area contributed by atoms with Crippen LogP contribution in [0.5, 0.6) is 0 Å². The van der Waals surface area contributed by atoms with E-state index in [9.17, 15) is 4.79 Å². The zero-order chi connectivity index (χ0) is 5.98. The summed E-state index contributed by atoms with van der Waals surface area (Å²) in [6.07, 6.45) is 0. The zero-order valence-corrected chi connectivity index (χ0v) is 7.13. The fourth-order valence-corrected chi connectivity index (χ4v) is 0.843. The van der Waals surface area contributed by atoms with Crippen molar-refractivity contribution in [1.82, 2.24) is 5.32 Å². The third kappa shape index (κ3) is 2.84. The highest BCUT2D eigenvalue weighted by atomic mass is 35.5. The molecule has 3 N–H and O–H groups in total. The lowest BCUT2D eigenvalue weighted by atomic mass is 10.1. The number of nitrogens with two attached hydrogens (primary N) is 1. The lowest BCUT2D eigenvalue weighted by Gasteiger charge is -1.97. The van der Waals surface area contributed by atoms with E-state index in [0.29, 0.717) is 13.1 Å². The van der Waals surface area contributed by atoms with Crippen LogP contribution in [0.15, 0.2) is 0 Å². The Hall–Kier alpha value is 0.170. The molecule has 1 fully saturated rings. The fraction of sp³-hybridized carbons (Fsp3) is 0.800. The van der Waals surface area contributed by atoms with Crippen molar-refractivity contribution in [2.24, 2.45) is 11.7 Å². The summed E-state index contributed by atoms with van der Waals surface area (Å²) in [7, 11) is 0. The van der Waals surface area contributed by atoms with Crippen LogP contribution in [0.1, 0.15) is 0 Å². The van der Waals surface area contributed by atoms with Crippen molar-refractivity contribution in [2.75, 3.05) is 19.6 Å². The van der Waals surface area contributed by atoms with Gasteiger partial charge in [0.25, 0.3) is 0 Å². The molecule has 1 aliphatic heterocycles. The summed E-state index contributed by atoms with van der Waals surface area (Å²) in [5, 5.41) is 2.94. The standard InChI is InChI=1S/C5H10N2O.2ClH/c6-1-4-2-7-3-5(4)8;;/h4,7H,1-3,6H2;2*1H. The second-order valence-corrected chi connectivity index (χ2v) is 2.03. The summed E-state index contributed by atoms with van der Waals surface area (Å²) >= 11 is 0. The van der Waals surface area contributed by atoms with Crippen LogP contribution in [0.2, 0.25) is 0 Å². The third-order valence-electron chi connectivity index (χ3n) is 1.43. The van der Waals surface area contributed by atoms with E-state index in [1.807, 2.05) is 0 Å². The molecule has 62 valence electrons. The summed E-state index contributed by atoms with van der Waals surface area (Å²) in [5.74, 6) is 0.350. The Morgan fingerprint density at radius 1 is 1.60 bits per heavy atom. The fourth-order valence-electron chi connectivity index (χ4n) is 0.843. The van der Waals surface area contributed by atoms with Crippen LogP contribution in [-0.4, -0.2) is 25.4 Å². The number of carbonyl (C=O) groups excluding carboxylic acids is 1. The Balaban J connectivity index is 0. The molecule has 0 aromatic carbocycles. The minimum Gasteiger partial charge on any atom is -0.330 e. The maximum atomic E-state index is 10.7. The Morgan fingerprint density at radius 3 is 2.40 bits per heavy atom. The summed E-state index contributed by atoms with van der Waals surface area (Å²) in [6.45, 7) is 1.78. The van der Waals surface area contributed by atoms with Gasteiger partial charge in [0.1, 0.15) is 0 Å². The van der Waals surface area contributed by atoms with Crippen molar-refractivity contribution in [3.05, 3.63) is 0 Å². The Labute approximate surface area is 72.6 Å². The molecule has 1 aliphatic rings. The van der Waals surface area contributed by atoms with E-state index in [1.165, 1.54) is 0 Å². The number of hydrogen-bond donors (Lipinski definition) is 2. The second kappa shape index (κ2) is 5.92. The lowest BCUT2D eigenvalue weighted by Crippen LogP contribution is -2.21. The average molecular weight is 187 g/mol. The highest BCUT2D eigenvalue weighted by molar-refractivity contribution is 5.86. The molecular formula is C5H12Cl2N2O. The molecule has 10 heavy (non-hydrogen) atoms. The maximum Gasteiger partial charge on any atom is 0.152 e. The monoisotopic (exact) mass is 186 g/mol. The maximum absolute atomic E-state index is 10.7. The number of rotatable bonds is 1. The molecule has 0 bridgehead atoms. The van der Waals surface area contributed by atoms with Gasteiger partial charge in [-0.3, -0.25) is 4.79 Å². The first-order chi connectivity index (χ1) is 3.84. The molecule has 0 radical (unpaired) electrons. The summed E-state index contributed by atoms with van der Waals surface area (Å²) in [4.78, 5) is 10.7. The van der Waals surface area contributed by atoms with Crippen LogP contribution in [0.3, 0.4) is 0 Å². The number of nitrogens with one attached hydrogen (secondary N) is 1. The zero-order valence-electron chi connectivity index (χ0n) is 5.50. The van der Waals surface area contributed by atoms with Gasteiger partial charge in [-0.25, -0.2) is 0 Å². The van der Waals surface area contributed by atoms with Gasteiger partial charge in [-0.2, -0.15) is 0 Å². The topological polar surface area (TPSA) is 55.1 Å². The molecule has 0 aromatic heterocycles. The van der Waals surface area contributed by atoms with E-state index in [1.54, 1.807) is 0 Å². The van der Waals surface area contributed by atoms with E-state index < -0.39 is 0 Å². The normalized spacial score (nSPS) is 23.3. The highest BCUT2D eigenvalue weighted by Gasteiger charge is 2.21. The smallest absolute Gasteiger partial charge is 0.152 e. The number of halogens is 2. The van der Waals surface area contributed by atoms with E-state index >= 15 is 0 Å². The Bertz CT molecular complexity index is 110.